The number of pyridine rings is 1. The van der Waals surface area contributed by atoms with Crippen LogP contribution in [-0.4, -0.2) is 52.3 Å². The highest BCUT2D eigenvalue weighted by atomic mass is 32.1. The van der Waals surface area contributed by atoms with E-state index in [-0.39, 0.29) is 18.1 Å². The van der Waals surface area contributed by atoms with Crippen LogP contribution in [0.25, 0.3) is 5.69 Å². The highest BCUT2D eigenvalue weighted by Crippen LogP contribution is 2.41. The van der Waals surface area contributed by atoms with Gasteiger partial charge in [0.25, 0.3) is 0 Å². The predicted molar refractivity (Wildman–Crippen MR) is 152 cm³/mol. The van der Waals surface area contributed by atoms with Gasteiger partial charge in [0.05, 0.1) is 24.9 Å². The molecule has 7 nitrogen and oxygen atoms in total. The highest BCUT2D eigenvalue weighted by Gasteiger charge is 2.41. The first kappa shape index (κ1) is 26.7. The molecule has 1 saturated heterocycles. The molecule has 1 aliphatic heterocycles. The smallest absolute Gasteiger partial charge is 0.305 e. The maximum Gasteiger partial charge on any atom is 0.305 e. The molecule has 0 radical (unpaired) electrons. The third-order valence-corrected chi connectivity index (χ3v) is 7.58. The van der Waals surface area contributed by atoms with Crippen molar-refractivity contribution in [2.45, 2.75) is 52.6 Å². The average molecular weight is 520 g/mol. The van der Waals surface area contributed by atoms with Crippen molar-refractivity contribution in [2.75, 3.05) is 31.6 Å². The topological polar surface area (TPSA) is 62.6 Å². The van der Waals surface area contributed by atoms with Gasteiger partial charge in [-0.05, 0) is 94.4 Å². The van der Waals surface area contributed by atoms with Crippen molar-refractivity contribution < 1.29 is 9.53 Å². The molecule has 1 fully saturated rings. The van der Waals surface area contributed by atoms with Crippen LogP contribution in [-0.2, 0) is 9.53 Å². The first-order valence-electron chi connectivity index (χ1n) is 13.0. The summed E-state index contributed by atoms with van der Waals surface area (Å²) in [6.45, 7) is 11.3. The lowest BCUT2D eigenvalue weighted by Crippen LogP contribution is -2.31. The molecule has 196 valence electrons. The van der Waals surface area contributed by atoms with E-state index in [4.69, 9.17) is 17.0 Å². The van der Waals surface area contributed by atoms with E-state index in [0.29, 0.717) is 24.5 Å². The number of nitrogens with zero attached hydrogens (tertiary/aromatic N) is 4. The van der Waals surface area contributed by atoms with Crippen LogP contribution in [0, 0.1) is 13.8 Å². The van der Waals surface area contributed by atoms with Crippen LogP contribution in [0.4, 0.5) is 5.69 Å². The molecule has 4 rings (SSSR count). The minimum absolute atomic E-state index is 0.0463. The summed E-state index contributed by atoms with van der Waals surface area (Å²) in [5, 5.41) is 4.19. The fraction of sp³-hybridized carbons (Fsp3) is 0.414. The number of ether oxygens (including phenoxy) is 1. The van der Waals surface area contributed by atoms with Gasteiger partial charge in [0, 0.05) is 55.0 Å². The molecule has 3 heterocycles. The minimum Gasteiger partial charge on any atom is -0.469 e. The number of hydrogen-bond acceptors (Lipinski definition) is 5. The van der Waals surface area contributed by atoms with Gasteiger partial charge in [-0.15, -0.1) is 0 Å². The van der Waals surface area contributed by atoms with Crippen LogP contribution in [0.5, 0.6) is 0 Å². The normalized spacial score (nSPS) is 17.1. The number of benzene rings is 1. The molecular formula is C29H37N5O2S. The molecule has 1 aliphatic rings. The van der Waals surface area contributed by atoms with Crippen LogP contribution < -0.4 is 10.2 Å². The molecule has 37 heavy (non-hydrogen) atoms. The maximum absolute atomic E-state index is 11.8. The van der Waals surface area contributed by atoms with Crippen molar-refractivity contribution in [3.8, 4) is 5.69 Å². The zero-order valence-electron chi connectivity index (χ0n) is 22.4. The predicted octanol–water partition coefficient (Wildman–Crippen LogP) is 5.26. The monoisotopic (exact) mass is 519 g/mol. The van der Waals surface area contributed by atoms with Gasteiger partial charge in [-0.25, -0.2) is 0 Å². The first-order chi connectivity index (χ1) is 17.9. The number of esters is 1. The van der Waals surface area contributed by atoms with E-state index >= 15 is 0 Å². The van der Waals surface area contributed by atoms with E-state index in [1.807, 2.05) is 24.4 Å². The second-order valence-corrected chi connectivity index (χ2v) is 9.74. The molecule has 1 aromatic carbocycles. The summed E-state index contributed by atoms with van der Waals surface area (Å²) in [6.07, 6.45) is 2.83. The second kappa shape index (κ2) is 11.8. The van der Waals surface area contributed by atoms with Gasteiger partial charge in [0.2, 0.25) is 0 Å². The van der Waals surface area contributed by atoms with Gasteiger partial charge in [-0.2, -0.15) is 0 Å². The fourth-order valence-electron chi connectivity index (χ4n) is 5.37. The van der Waals surface area contributed by atoms with Crippen molar-refractivity contribution in [2.24, 2.45) is 0 Å². The lowest BCUT2D eigenvalue weighted by Gasteiger charge is -2.28. The summed E-state index contributed by atoms with van der Waals surface area (Å²) >= 11 is 5.80. The van der Waals surface area contributed by atoms with E-state index in [0.717, 1.165) is 30.2 Å². The van der Waals surface area contributed by atoms with E-state index < -0.39 is 0 Å². The first-order valence-corrected chi connectivity index (χ1v) is 13.4. The van der Waals surface area contributed by atoms with E-state index in [1.165, 1.54) is 24.1 Å². The molecule has 0 spiro atoms. The Morgan fingerprint density at radius 3 is 2.49 bits per heavy atom. The molecule has 2 atom stereocenters. The number of aryl methyl sites for hydroxylation is 1. The number of carbonyl (C=O) groups excluding carboxylic acids is 1. The van der Waals surface area contributed by atoms with Gasteiger partial charge in [0.15, 0.2) is 5.11 Å². The van der Waals surface area contributed by atoms with Crippen molar-refractivity contribution in [1.82, 2.24) is 19.8 Å². The third-order valence-electron chi connectivity index (χ3n) is 7.23. The Kier molecular flexibility index (Phi) is 8.48. The summed E-state index contributed by atoms with van der Waals surface area (Å²) in [6, 6.07) is 16.9. The number of thiocarbonyl (C=S) groups is 1. The lowest BCUT2D eigenvalue weighted by atomic mass is 9.96. The zero-order valence-corrected chi connectivity index (χ0v) is 23.2. The number of aromatic nitrogens is 2. The van der Waals surface area contributed by atoms with Crippen LogP contribution in [0.3, 0.4) is 0 Å². The number of carbonyl (C=O) groups is 1. The molecule has 0 amide bonds. The average Bonchev–Trinajstić information content (AvgIpc) is 3.40. The molecule has 2 aromatic heterocycles. The molecule has 0 aliphatic carbocycles. The zero-order chi connectivity index (χ0) is 26.5. The second-order valence-electron chi connectivity index (χ2n) is 9.35. The summed E-state index contributed by atoms with van der Waals surface area (Å²) in [5.41, 5.74) is 6.84. The van der Waals surface area contributed by atoms with E-state index in [9.17, 15) is 4.79 Å². The number of anilines is 1. The lowest BCUT2D eigenvalue weighted by molar-refractivity contribution is -0.140. The molecule has 0 bridgehead atoms. The summed E-state index contributed by atoms with van der Waals surface area (Å²) < 4.78 is 7.16. The van der Waals surface area contributed by atoms with Gasteiger partial charge in [0.1, 0.15) is 0 Å². The molecule has 1 N–H and O–H groups in total. The maximum atomic E-state index is 11.8. The Labute approximate surface area is 225 Å². The van der Waals surface area contributed by atoms with E-state index in [1.54, 1.807) is 0 Å². The number of methoxy groups -OCH3 is 1. The van der Waals surface area contributed by atoms with Gasteiger partial charge in [-0.3, -0.25) is 9.78 Å². The SMILES string of the molecule is CCN(CC)c1ccc(-n2c(C)cc([C@@H]3[C@@H](c4ccccn4)NC(=S)N3CCCC(=O)OC)c2C)cc1. The van der Waals surface area contributed by atoms with Gasteiger partial charge >= 0.3 is 5.97 Å². The van der Waals surface area contributed by atoms with Gasteiger partial charge in [-0.1, -0.05) is 6.07 Å². The van der Waals surface area contributed by atoms with E-state index in [2.05, 4.69) is 82.7 Å². The molecule has 3 aromatic rings. The highest BCUT2D eigenvalue weighted by molar-refractivity contribution is 7.80. The quantitative estimate of drug-likeness (QED) is 0.290. The number of rotatable bonds is 10. The van der Waals surface area contributed by atoms with Crippen LogP contribution >= 0.6 is 12.2 Å². The van der Waals surface area contributed by atoms with Crippen LogP contribution in [0.1, 0.15) is 61.4 Å². The minimum atomic E-state index is -0.206. The summed E-state index contributed by atoms with van der Waals surface area (Å²) in [4.78, 5) is 21.0. The molecular weight excluding hydrogens is 482 g/mol. The van der Waals surface area contributed by atoms with Gasteiger partial charge < -0.3 is 24.4 Å². The Bertz CT molecular complexity index is 1220. The number of nitrogens with one attached hydrogen (secondary N) is 1. The summed E-state index contributed by atoms with van der Waals surface area (Å²) in [7, 11) is 1.42. The van der Waals surface area contributed by atoms with Crippen LogP contribution in [0.2, 0.25) is 0 Å². The Morgan fingerprint density at radius 1 is 1.14 bits per heavy atom. The molecule has 0 saturated carbocycles. The van der Waals surface area contributed by atoms with Crippen LogP contribution in [0.15, 0.2) is 54.7 Å². The fourth-order valence-corrected chi connectivity index (χ4v) is 5.70. The molecule has 0 unspecified atom stereocenters. The third kappa shape index (κ3) is 5.49. The Hall–Kier alpha value is -3.39. The van der Waals surface area contributed by atoms with Crippen molar-refractivity contribution in [3.63, 3.8) is 0 Å². The standard InChI is InChI=1S/C29H37N5O2S/c1-6-32(7-2)22-13-15-23(16-14-22)34-20(3)19-24(21(34)4)28-27(25-11-8-9-17-30-25)31-29(37)33(28)18-10-12-26(35)36-5/h8-9,11,13-17,19,27-28H,6-7,10,12,18H2,1-5H3,(H,31,37)/t27-,28-/m1/s1. The summed E-state index contributed by atoms with van der Waals surface area (Å²) in [5.74, 6) is -0.206. The van der Waals surface area contributed by atoms with Crippen molar-refractivity contribution in [1.29, 1.82) is 0 Å². The molecule has 8 heteroatoms. The van der Waals surface area contributed by atoms with Crippen molar-refractivity contribution in [3.05, 3.63) is 77.4 Å². The largest absolute Gasteiger partial charge is 0.469 e. The van der Waals surface area contributed by atoms with Crippen molar-refractivity contribution >= 4 is 29.0 Å². The Balaban J connectivity index is 1.71. The number of hydrogen-bond donors (Lipinski definition) is 1. The Morgan fingerprint density at radius 2 is 1.86 bits per heavy atom.